The Hall–Kier alpha value is -1.16. The zero-order valence-electron chi connectivity index (χ0n) is 9.47. The average molecular weight is 293 g/mol. The number of alkyl halides is 3. The van der Waals surface area contributed by atoms with E-state index in [9.17, 15) is 30.8 Å². The molecule has 0 heterocycles. The van der Waals surface area contributed by atoms with Crippen molar-refractivity contribution < 1.29 is 35.5 Å². The number of rotatable bonds is 5. The fraction of sp³-hybridized carbons (Fsp3) is 0.625. The van der Waals surface area contributed by atoms with Crippen LogP contribution in [-0.2, 0) is 19.6 Å². The van der Waals surface area contributed by atoms with Gasteiger partial charge in [0, 0.05) is 0 Å². The van der Waals surface area contributed by atoms with Crippen LogP contribution in [0.3, 0.4) is 0 Å². The van der Waals surface area contributed by atoms with Gasteiger partial charge in [0.25, 0.3) is 0 Å². The van der Waals surface area contributed by atoms with Crippen molar-refractivity contribution in [2.75, 3.05) is 6.61 Å². The molecule has 0 unspecified atom stereocenters. The monoisotopic (exact) mass is 293 g/mol. The van der Waals surface area contributed by atoms with Gasteiger partial charge in [0.2, 0.25) is 5.83 Å². The van der Waals surface area contributed by atoms with Gasteiger partial charge in [0.1, 0.15) is 6.61 Å². The van der Waals surface area contributed by atoms with Crippen LogP contribution >= 0.6 is 0 Å². The molecule has 0 radical (unpaired) electrons. The van der Waals surface area contributed by atoms with E-state index in [0.29, 0.717) is 0 Å². The molecular formula is C8H11F4NO4S. The molecule has 0 aliphatic rings. The zero-order chi connectivity index (χ0) is 14.8. The van der Waals surface area contributed by atoms with Gasteiger partial charge in [-0.1, -0.05) is 6.58 Å². The second kappa shape index (κ2) is 5.22. The minimum absolute atomic E-state index is 0.788. The Morgan fingerprint density at radius 1 is 1.33 bits per heavy atom. The fourth-order valence-corrected chi connectivity index (χ4v) is 1.68. The van der Waals surface area contributed by atoms with E-state index in [2.05, 4.69) is 11.3 Å². The van der Waals surface area contributed by atoms with E-state index in [0.717, 1.165) is 13.8 Å². The molecule has 0 atom stereocenters. The molecule has 0 aliphatic carbocycles. The maximum absolute atomic E-state index is 12.2. The average Bonchev–Trinajstić information content (AvgIpc) is 2.10. The molecule has 0 aromatic carbocycles. The second-order valence-corrected chi connectivity index (χ2v) is 5.59. The summed E-state index contributed by atoms with van der Waals surface area (Å²) >= 11 is 0. The first-order valence-corrected chi connectivity index (χ1v) is 5.88. The quantitative estimate of drug-likeness (QED) is 0.470. The van der Waals surface area contributed by atoms with Crippen LogP contribution in [0.25, 0.3) is 0 Å². The van der Waals surface area contributed by atoms with Gasteiger partial charge in [-0.25, -0.2) is 13.2 Å². The molecule has 1 N–H and O–H groups in total. The van der Waals surface area contributed by atoms with E-state index in [1.54, 1.807) is 0 Å². The fourth-order valence-electron chi connectivity index (χ4n) is 0.775. The summed E-state index contributed by atoms with van der Waals surface area (Å²) in [6.45, 7) is 3.89. The number of carbonyl (C=O) groups excluding carboxylic acids is 1. The van der Waals surface area contributed by atoms with Gasteiger partial charge in [0.05, 0.1) is 5.54 Å². The van der Waals surface area contributed by atoms with Crippen molar-refractivity contribution >= 4 is 16.0 Å². The van der Waals surface area contributed by atoms with Crippen molar-refractivity contribution in [3.63, 3.8) is 0 Å². The Kier molecular flexibility index (Phi) is 4.89. The summed E-state index contributed by atoms with van der Waals surface area (Å²) in [6.07, 6.45) is 0. The number of nitrogens with one attached hydrogen (secondary N) is 1. The highest BCUT2D eigenvalue weighted by atomic mass is 32.2. The molecule has 106 valence electrons. The van der Waals surface area contributed by atoms with Crippen LogP contribution in [0.5, 0.6) is 0 Å². The van der Waals surface area contributed by atoms with Crippen molar-refractivity contribution in [1.29, 1.82) is 0 Å². The maximum atomic E-state index is 12.2. The first kappa shape index (κ1) is 16.8. The Labute approximate surface area is 101 Å². The van der Waals surface area contributed by atoms with Crippen molar-refractivity contribution in [3.8, 4) is 0 Å². The van der Waals surface area contributed by atoms with Crippen LogP contribution in [0.4, 0.5) is 17.6 Å². The largest absolute Gasteiger partial charge is 0.511 e. The molecule has 18 heavy (non-hydrogen) atoms. The van der Waals surface area contributed by atoms with Gasteiger partial charge in [-0.15, -0.1) is 0 Å². The predicted molar refractivity (Wildman–Crippen MR) is 53.4 cm³/mol. The first-order valence-electron chi connectivity index (χ1n) is 4.40. The standard InChI is InChI=1S/C8H11F4NO4S/c1-5(9)6(14)17-4-7(2,3)13-18(15,16)8(10,11)12/h13H,1,4H2,2-3H3. The van der Waals surface area contributed by atoms with E-state index in [1.807, 2.05) is 0 Å². The molecule has 0 spiro atoms. The van der Waals surface area contributed by atoms with Crippen molar-refractivity contribution in [2.24, 2.45) is 0 Å². The predicted octanol–water partition coefficient (Wildman–Crippen LogP) is 1.23. The number of hydrogen-bond donors (Lipinski definition) is 1. The smallest absolute Gasteiger partial charge is 0.458 e. The van der Waals surface area contributed by atoms with Crippen LogP contribution < -0.4 is 4.72 Å². The second-order valence-electron chi connectivity index (χ2n) is 3.92. The van der Waals surface area contributed by atoms with Crippen LogP contribution in [0.15, 0.2) is 12.4 Å². The van der Waals surface area contributed by atoms with E-state index < -0.39 is 39.5 Å². The van der Waals surface area contributed by atoms with Gasteiger partial charge in [0.15, 0.2) is 0 Å². The third kappa shape index (κ3) is 5.00. The van der Waals surface area contributed by atoms with E-state index in [-0.39, 0.29) is 0 Å². The lowest BCUT2D eigenvalue weighted by atomic mass is 10.1. The van der Waals surface area contributed by atoms with Gasteiger partial charge >= 0.3 is 21.5 Å². The first-order chi connectivity index (χ1) is 7.78. The molecule has 0 rings (SSSR count). The molecule has 5 nitrogen and oxygen atoms in total. The molecular weight excluding hydrogens is 282 g/mol. The summed E-state index contributed by atoms with van der Waals surface area (Å²) in [5, 5.41) is 0. The van der Waals surface area contributed by atoms with Crippen molar-refractivity contribution in [1.82, 2.24) is 4.72 Å². The topological polar surface area (TPSA) is 72.5 Å². The zero-order valence-corrected chi connectivity index (χ0v) is 10.3. The van der Waals surface area contributed by atoms with Crippen molar-refractivity contribution in [3.05, 3.63) is 12.4 Å². The summed E-state index contributed by atoms with van der Waals surface area (Å²) in [5.41, 5.74) is -7.24. The maximum Gasteiger partial charge on any atom is 0.511 e. The van der Waals surface area contributed by atoms with Crippen LogP contribution in [0, 0.1) is 0 Å². The van der Waals surface area contributed by atoms with Gasteiger partial charge in [-0.2, -0.15) is 22.3 Å². The normalized spacial score (nSPS) is 13.2. The summed E-state index contributed by atoms with van der Waals surface area (Å²) < 4.78 is 75.4. The number of ether oxygens (including phenoxy) is 1. The minimum Gasteiger partial charge on any atom is -0.458 e. The van der Waals surface area contributed by atoms with E-state index >= 15 is 0 Å². The Balaban J connectivity index is 4.69. The third-order valence-electron chi connectivity index (χ3n) is 1.50. The summed E-state index contributed by atoms with van der Waals surface area (Å²) in [5.74, 6) is -2.92. The molecule has 0 fully saturated rings. The molecule has 0 aromatic rings. The number of halogens is 4. The molecule has 0 aromatic heterocycles. The molecule has 0 bridgehead atoms. The third-order valence-corrected chi connectivity index (χ3v) is 2.93. The molecule has 10 heteroatoms. The Morgan fingerprint density at radius 2 is 1.78 bits per heavy atom. The lowest BCUT2D eigenvalue weighted by Gasteiger charge is -2.25. The number of hydrogen-bond acceptors (Lipinski definition) is 4. The summed E-state index contributed by atoms with van der Waals surface area (Å²) in [7, 11) is -5.58. The highest BCUT2D eigenvalue weighted by Gasteiger charge is 2.48. The van der Waals surface area contributed by atoms with Gasteiger partial charge in [-0.05, 0) is 13.8 Å². The number of carbonyl (C=O) groups is 1. The van der Waals surface area contributed by atoms with Crippen LogP contribution in [0.1, 0.15) is 13.8 Å². The molecule has 0 saturated carbocycles. The van der Waals surface area contributed by atoms with Gasteiger partial charge < -0.3 is 4.74 Å². The lowest BCUT2D eigenvalue weighted by Crippen LogP contribution is -2.51. The number of esters is 1. The Morgan fingerprint density at radius 3 is 2.11 bits per heavy atom. The SMILES string of the molecule is C=C(F)C(=O)OCC(C)(C)NS(=O)(=O)C(F)(F)F. The summed E-state index contributed by atoms with van der Waals surface area (Å²) in [6, 6.07) is 0. The Bertz CT molecular complexity index is 441. The van der Waals surface area contributed by atoms with E-state index in [4.69, 9.17) is 0 Å². The minimum atomic E-state index is -5.58. The van der Waals surface area contributed by atoms with E-state index in [1.165, 1.54) is 4.72 Å². The molecule has 0 saturated heterocycles. The van der Waals surface area contributed by atoms with Crippen LogP contribution in [0.2, 0.25) is 0 Å². The lowest BCUT2D eigenvalue weighted by molar-refractivity contribution is -0.142. The van der Waals surface area contributed by atoms with Crippen molar-refractivity contribution in [2.45, 2.75) is 24.9 Å². The number of sulfonamides is 1. The molecule has 0 amide bonds. The highest BCUT2D eigenvalue weighted by molar-refractivity contribution is 7.90. The highest BCUT2D eigenvalue weighted by Crippen LogP contribution is 2.23. The van der Waals surface area contributed by atoms with Gasteiger partial charge in [-0.3, -0.25) is 0 Å². The van der Waals surface area contributed by atoms with Crippen LogP contribution in [-0.4, -0.2) is 32.0 Å². The molecule has 0 aliphatic heterocycles. The summed E-state index contributed by atoms with van der Waals surface area (Å²) in [4.78, 5) is 10.7.